The molecule has 0 saturated heterocycles. The lowest BCUT2D eigenvalue weighted by molar-refractivity contribution is 0.102. The van der Waals surface area contributed by atoms with E-state index >= 15 is 0 Å². The third kappa shape index (κ3) is 4.18. The monoisotopic (exact) mass is 318 g/mol. The molecule has 2 aromatic rings. The molecule has 22 heavy (non-hydrogen) atoms. The fourth-order valence-electron chi connectivity index (χ4n) is 1.85. The number of amides is 1. The van der Waals surface area contributed by atoms with E-state index in [4.69, 9.17) is 11.6 Å². The van der Waals surface area contributed by atoms with Gasteiger partial charge in [0.2, 0.25) is 5.95 Å². The summed E-state index contributed by atoms with van der Waals surface area (Å²) in [6.45, 7) is 4.80. The minimum Gasteiger partial charge on any atom is -0.354 e. The zero-order valence-electron chi connectivity index (χ0n) is 12.7. The molecule has 0 radical (unpaired) electrons. The summed E-state index contributed by atoms with van der Waals surface area (Å²) in [6.07, 6.45) is 5.18. The van der Waals surface area contributed by atoms with Crippen LogP contribution in [0.25, 0.3) is 0 Å². The lowest BCUT2D eigenvalue weighted by Gasteiger charge is -2.09. The fraction of sp³-hybridized carbons (Fsp3) is 0.312. The van der Waals surface area contributed by atoms with E-state index in [1.54, 1.807) is 18.2 Å². The number of benzene rings is 1. The van der Waals surface area contributed by atoms with Crippen LogP contribution in [0.3, 0.4) is 0 Å². The van der Waals surface area contributed by atoms with Crippen LogP contribution in [0.4, 0.5) is 11.6 Å². The molecule has 0 unspecified atom stereocenters. The van der Waals surface area contributed by atoms with Crippen LogP contribution in [0.15, 0.2) is 30.6 Å². The highest BCUT2D eigenvalue weighted by Gasteiger charge is 2.10. The molecule has 0 aliphatic heterocycles. The minimum atomic E-state index is -0.259. The minimum absolute atomic E-state index is 0.259. The Morgan fingerprint density at radius 2 is 2.00 bits per heavy atom. The molecule has 116 valence electrons. The number of carbonyl (C=O) groups is 1. The topological polar surface area (TPSA) is 66.9 Å². The van der Waals surface area contributed by atoms with Crippen molar-refractivity contribution in [2.24, 2.45) is 0 Å². The number of hydrogen-bond donors (Lipinski definition) is 2. The number of aromatic nitrogens is 2. The molecule has 1 amide bonds. The summed E-state index contributed by atoms with van der Waals surface area (Å²) in [5.41, 5.74) is 1.92. The number of nitrogens with one attached hydrogen (secondary N) is 2. The molecule has 5 nitrogen and oxygen atoms in total. The first-order valence-electron chi connectivity index (χ1n) is 7.24. The Morgan fingerprint density at radius 1 is 1.27 bits per heavy atom. The Kier molecular flexibility index (Phi) is 5.72. The molecule has 0 saturated carbocycles. The van der Waals surface area contributed by atoms with Crippen LogP contribution >= 0.6 is 11.6 Å². The molecule has 1 aromatic carbocycles. The van der Waals surface area contributed by atoms with Crippen molar-refractivity contribution in [1.29, 1.82) is 0 Å². The first-order valence-corrected chi connectivity index (χ1v) is 7.62. The normalized spacial score (nSPS) is 10.3. The highest BCUT2D eigenvalue weighted by Crippen LogP contribution is 2.23. The van der Waals surface area contributed by atoms with Gasteiger partial charge in [0.25, 0.3) is 5.91 Å². The SMILES string of the molecule is CCCCNc1ncc(C(=O)Nc2cccc(Cl)c2C)cn1. The van der Waals surface area contributed by atoms with E-state index in [-0.39, 0.29) is 5.91 Å². The molecule has 0 fully saturated rings. The summed E-state index contributed by atoms with van der Waals surface area (Å²) in [4.78, 5) is 20.5. The maximum absolute atomic E-state index is 12.2. The van der Waals surface area contributed by atoms with Crippen LogP contribution in [-0.4, -0.2) is 22.4 Å². The van der Waals surface area contributed by atoms with E-state index in [1.165, 1.54) is 12.4 Å². The second kappa shape index (κ2) is 7.75. The molecule has 2 N–H and O–H groups in total. The molecule has 2 rings (SSSR count). The quantitative estimate of drug-likeness (QED) is 0.793. The van der Waals surface area contributed by atoms with Gasteiger partial charge in [0.15, 0.2) is 0 Å². The maximum atomic E-state index is 12.2. The van der Waals surface area contributed by atoms with Crippen LogP contribution in [0.5, 0.6) is 0 Å². The van der Waals surface area contributed by atoms with Gasteiger partial charge in [0.05, 0.1) is 5.56 Å². The van der Waals surface area contributed by atoms with Crippen LogP contribution < -0.4 is 10.6 Å². The van der Waals surface area contributed by atoms with E-state index in [0.29, 0.717) is 22.2 Å². The Hall–Kier alpha value is -2.14. The zero-order valence-corrected chi connectivity index (χ0v) is 13.4. The smallest absolute Gasteiger partial charge is 0.258 e. The van der Waals surface area contributed by atoms with Crippen LogP contribution in [0.1, 0.15) is 35.7 Å². The van der Waals surface area contributed by atoms with Crippen LogP contribution in [-0.2, 0) is 0 Å². The summed E-state index contributed by atoms with van der Waals surface area (Å²) in [6, 6.07) is 5.38. The second-order valence-electron chi connectivity index (χ2n) is 4.94. The van der Waals surface area contributed by atoms with E-state index in [0.717, 1.165) is 24.9 Å². The summed E-state index contributed by atoms with van der Waals surface area (Å²) < 4.78 is 0. The van der Waals surface area contributed by atoms with Crippen molar-refractivity contribution in [2.75, 3.05) is 17.2 Å². The highest BCUT2D eigenvalue weighted by molar-refractivity contribution is 6.31. The maximum Gasteiger partial charge on any atom is 0.258 e. The number of rotatable bonds is 6. The van der Waals surface area contributed by atoms with Gasteiger partial charge in [-0.3, -0.25) is 4.79 Å². The van der Waals surface area contributed by atoms with Crippen molar-refractivity contribution < 1.29 is 4.79 Å². The third-order valence-electron chi connectivity index (χ3n) is 3.24. The van der Waals surface area contributed by atoms with Gasteiger partial charge < -0.3 is 10.6 Å². The van der Waals surface area contributed by atoms with Crippen molar-refractivity contribution >= 4 is 29.1 Å². The van der Waals surface area contributed by atoms with Crippen molar-refractivity contribution in [2.45, 2.75) is 26.7 Å². The molecular formula is C16H19ClN4O. The number of hydrogen-bond acceptors (Lipinski definition) is 4. The number of anilines is 2. The predicted molar refractivity (Wildman–Crippen MR) is 89.6 cm³/mol. The standard InChI is InChI=1S/C16H19ClN4O/c1-3-4-8-18-16-19-9-12(10-20-16)15(22)21-14-7-5-6-13(17)11(14)2/h5-7,9-10H,3-4,8H2,1-2H3,(H,21,22)(H,18,19,20). The third-order valence-corrected chi connectivity index (χ3v) is 3.65. The second-order valence-corrected chi connectivity index (χ2v) is 5.35. The highest BCUT2D eigenvalue weighted by atomic mass is 35.5. The average Bonchev–Trinajstić information content (AvgIpc) is 2.53. The van der Waals surface area contributed by atoms with Crippen molar-refractivity contribution in [1.82, 2.24) is 9.97 Å². The summed E-state index contributed by atoms with van der Waals surface area (Å²) in [5, 5.41) is 6.54. The Balaban J connectivity index is 2.02. The molecule has 0 spiro atoms. The van der Waals surface area contributed by atoms with E-state index in [1.807, 2.05) is 6.92 Å². The van der Waals surface area contributed by atoms with Crippen molar-refractivity contribution in [3.63, 3.8) is 0 Å². The molecule has 0 bridgehead atoms. The van der Waals surface area contributed by atoms with Gasteiger partial charge in [-0.05, 0) is 31.0 Å². The van der Waals surface area contributed by atoms with E-state index in [2.05, 4.69) is 27.5 Å². The molecule has 1 heterocycles. The average molecular weight is 319 g/mol. The Bertz CT molecular complexity index is 643. The molecule has 0 aliphatic carbocycles. The molecular weight excluding hydrogens is 300 g/mol. The first-order chi connectivity index (χ1) is 10.6. The molecule has 0 atom stereocenters. The van der Waals surface area contributed by atoms with Crippen molar-refractivity contribution in [3.05, 3.63) is 46.7 Å². The summed E-state index contributed by atoms with van der Waals surface area (Å²) in [7, 11) is 0. The van der Waals surface area contributed by atoms with Crippen LogP contribution in [0.2, 0.25) is 5.02 Å². The van der Waals surface area contributed by atoms with Gasteiger partial charge in [-0.15, -0.1) is 0 Å². The Labute approximate surface area is 135 Å². The van der Waals surface area contributed by atoms with Crippen LogP contribution in [0, 0.1) is 6.92 Å². The predicted octanol–water partition coefficient (Wildman–Crippen LogP) is 3.90. The van der Waals surface area contributed by atoms with Gasteiger partial charge in [0.1, 0.15) is 0 Å². The van der Waals surface area contributed by atoms with Gasteiger partial charge in [-0.2, -0.15) is 0 Å². The van der Waals surface area contributed by atoms with E-state index < -0.39 is 0 Å². The lowest BCUT2D eigenvalue weighted by atomic mass is 10.2. The van der Waals surface area contributed by atoms with E-state index in [9.17, 15) is 4.79 Å². The number of carbonyl (C=O) groups excluding carboxylic acids is 1. The first kappa shape index (κ1) is 16.2. The number of unbranched alkanes of at least 4 members (excludes halogenated alkanes) is 1. The fourth-order valence-corrected chi connectivity index (χ4v) is 2.03. The number of nitrogens with zero attached hydrogens (tertiary/aromatic N) is 2. The number of halogens is 1. The molecule has 1 aromatic heterocycles. The largest absolute Gasteiger partial charge is 0.354 e. The van der Waals surface area contributed by atoms with Gasteiger partial charge >= 0.3 is 0 Å². The molecule has 0 aliphatic rings. The van der Waals surface area contributed by atoms with Gasteiger partial charge in [-0.25, -0.2) is 9.97 Å². The zero-order chi connectivity index (χ0) is 15.9. The molecule has 6 heteroatoms. The summed E-state index contributed by atoms with van der Waals surface area (Å²) >= 11 is 6.04. The lowest BCUT2D eigenvalue weighted by Crippen LogP contribution is -2.14. The van der Waals surface area contributed by atoms with Gasteiger partial charge in [-0.1, -0.05) is 31.0 Å². The summed E-state index contributed by atoms with van der Waals surface area (Å²) in [5.74, 6) is 0.273. The Morgan fingerprint density at radius 3 is 2.68 bits per heavy atom. The van der Waals surface area contributed by atoms with Gasteiger partial charge in [0, 0.05) is 29.6 Å². The van der Waals surface area contributed by atoms with Crippen molar-refractivity contribution in [3.8, 4) is 0 Å².